The van der Waals surface area contributed by atoms with Crippen molar-refractivity contribution in [1.82, 2.24) is 5.32 Å². The molecule has 10 heteroatoms. The van der Waals surface area contributed by atoms with E-state index in [2.05, 4.69) is 5.32 Å². The lowest BCUT2D eigenvalue weighted by molar-refractivity contribution is -0.384. The third-order valence-electron chi connectivity index (χ3n) is 4.65. The number of methoxy groups -OCH3 is 1. The summed E-state index contributed by atoms with van der Waals surface area (Å²) in [5.74, 6) is -0.296. The number of non-ortho nitro benzene ring substituents is 1. The van der Waals surface area contributed by atoms with Crippen LogP contribution in [0.5, 0.6) is 0 Å². The molecule has 29 heavy (non-hydrogen) atoms. The van der Waals surface area contributed by atoms with Gasteiger partial charge < -0.3 is 24.3 Å². The molecule has 2 rings (SSSR count). The number of hydrogen-bond acceptors (Lipinski definition) is 8. The average Bonchev–Trinajstić information content (AvgIpc) is 2.74. The van der Waals surface area contributed by atoms with E-state index < -0.39 is 29.1 Å². The summed E-state index contributed by atoms with van der Waals surface area (Å²) >= 11 is 0. The number of rotatable bonds is 9. The van der Waals surface area contributed by atoms with Crippen LogP contribution in [0, 0.1) is 16.0 Å². The number of nitrogens with one attached hydrogen (secondary N) is 1. The molecule has 0 saturated carbocycles. The van der Waals surface area contributed by atoms with Crippen LogP contribution in [0.15, 0.2) is 24.3 Å². The standard InChI is InChI=1S/C19H26N2O8/c1-13(28-11-15-7-9-27-10-8-15)17(18(22)26-2)20-19(23)29-12-14-3-5-16(6-4-14)21(24)25/h3-6,13,15,17H,7-12H2,1-2H3,(H,20,23)/t13-,17+/m1/s1. The topological polar surface area (TPSA) is 126 Å². The Balaban J connectivity index is 1.84. The van der Waals surface area contributed by atoms with E-state index in [1.165, 1.54) is 31.4 Å². The zero-order chi connectivity index (χ0) is 21.2. The first-order valence-electron chi connectivity index (χ1n) is 9.34. The second-order valence-electron chi connectivity index (χ2n) is 6.74. The van der Waals surface area contributed by atoms with Crippen molar-refractivity contribution >= 4 is 17.7 Å². The maximum absolute atomic E-state index is 12.1. The molecule has 1 heterocycles. The van der Waals surface area contributed by atoms with E-state index in [1.54, 1.807) is 6.92 Å². The van der Waals surface area contributed by atoms with Gasteiger partial charge in [0.2, 0.25) is 0 Å². The minimum atomic E-state index is -1.02. The predicted molar refractivity (Wildman–Crippen MR) is 101 cm³/mol. The van der Waals surface area contributed by atoms with Crippen LogP contribution < -0.4 is 5.32 Å². The zero-order valence-corrected chi connectivity index (χ0v) is 16.5. The number of carbonyl (C=O) groups excluding carboxylic acids is 2. The van der Waals surface area contributed by atoms with Gasteiger partial charge in [0, 0.05) is 25.3 Å². The molecule has 10 nitrogen and oxygen atoms in total. The second kappa shape index (κ2) is 11.3. The molecule has 0 bridgehead atoms. The predicted octanol–water partition coefficient (Wildman–Crippen LogP) is 2.19. The number of hydrogen-bond donors (Lipinski definition) is 1. The van der Waals surface area contributed by atoms with Gasteiger partial charge in [0.25, 0.3) is 5.69 Å². The Kier molecular flexibility index (Phi) is 8.81. The molecule has 1 N–H and O–H groups in total. The molecule has 0 aromatic heterocycles. The number of ether oxygens (including phenoxy) is 4. The maximum atomic E-state index is 12.1. The van der Waals surface area contributed by atoms with Gasteiger partial charge >= 0.3 is 12.1 Å². The Bertz CT molecular complexity index is 688. The molecule has 1 fully saturated rings. The third kappa shape index (κ3) is 7.31. The Labute approximate surface area is 168 Å². The molecule has 0 spiro atoms. The van der Waals surface area contributed by atoms with E-state index in [-0.39, 0.29) is 12.3 Å². The van der Waals surface area contributed by atoms with Crippen LogP contribution in [0.4, 0.5) is 10.5 Å². The van der Waals surface area contributed by atoms with Crippen molar-refractivity contribution in [3.05, 3.63) is 39.9 Å². The number of alkyl carbamates (subject to hydrolysis) is 1. The van der Waals surface area contributed by atoms with Gasteiger partial charge in [-0.1, -0.05) is 0 Å². The highest BCUT2D eigenvalue weighted by Crippen LogP contribution is 2.16. The molecule has 1 aromatic carbocycles. The van der Waals surface area contributed by atoms with Gasteiger partial charge in [-0.3, -0.25) is 10.1 Å². The normalized spacial score (nSPS) is 16.5. The minimum absolute atomic E-state index is 0.0561. The average molecular weight is 410 g/mol. The van der Waals surface area contributed by atoms with E-state index in [1.807, 2.05) is 0 Å². The highest BCUT2D eigenvalue weighted by Gasteiger charge is 2.30. The van der Waals surface area contributed by atoms with Crippen molar-refractivity contribution in [3.8, 4) is 0 Å². The number of nitrogens with zero attached hydrogens (tertiary/aromatic N) is 1. The van der Waals surface area contributed by atoms with Crippen LogP contribution in [-0.4, -0.2) is 56.1 Å². The lowest BCUT2D eigenvalue weighted by atomic mass is 10.0. The summed E-state index contributed by atoms with van der Waals surface area (Å²) in [7, 11) is 1.23. The molecule has 160 valence electrons. The highest BCUT2D eigenvalue weighted by molar-refractivity contribution is 5.81. The van der Waals surface area contributed by atoms with E-state index in [0.29, 0.717) is 31.3 Å². The summed E-state index contributed by atoms with van der Waals surface area (Å²) in [5.41, 5.74) is 0.517. The Morgan fingerprint density at radius 2 is 1.93 bits per heavy atom. The Hall–Kier alpha value is -2.72. The van der Waals surface area contributed by atoms with Gasteiger partial charge in [0.05, 0.1) is 24.7 Å². The van der Waals surface area contributed by atoms with Crippen molar-refractivity contribution in [2.75, 3.05) is 26.9 Å². The molecule has 0 radical (unpaired) electrons. The van der Waals surface area contributed by atoms with Crippen LogP contribution >= 0.6 is 0 Å². The fourth-order valence-corrected chi connectivity index (χ4v) is 2.82. The molecule has 0 aliphatic carbocycles. The highest BCUT2D eigenvalue weighted by atomic mass is 16.6. The van der Waals surface area contributed by atoms with Gasteiger partial charge in [0.15, 0.2) is 6.04 Å². The van der Waals surface area contributed by atoms with Crippen molar-refractivity contribution in [1.29, 1.82) is 0 Å². The lowest BCUT2D eigenvalue weighted by Gasteiger charge is -2.27. The summed E-state index contributed by atoms with van der Waals surface area (Å²) in [6, 6.07) is 4.59. The Morgan fingerprint density at radius 3 is 2.52 bits per heavy atom. The number of carbonyl (C=O) groups is 2. The Morgan fingerprint density at radius 1 is 1.28 bits per heavy atom. The molecule has 1 aromatic rings. The maximum Gasteiger partial charge on any atom is 0.408 e. The quantitative estimate of drug-likeness (QED) is 0.373. The monoisotopic (exact) mass is 410 g/mol. The summed E-state index contributed by atoms with van der Waals surface area (Å²) in [6.45, 7) is 3.41. The van der Waals surface area contributed by atoms with Gasteiger partial charge in [-0.05, 0) is 43.4 Å². The van der Waals surface area contributed by atoms with Gasteiger partial charge in [-0.2, -0.15) is 0 Å². The van der Waals surface area contributed by atoms with Crippen molar-refractivity contribution in [3.63, 3.8) is 0 Å². The molecular weight excluding hydrogens is 384 g/mol. The first kappa shape index (κ1) is 22.6. The van der Waals surface area contributed by atoms with E-state index in [4.69, 9.17) is 18.9 Å². The van der Waals surface area contributed by atoms with Crippen molar-refractivity contribution < 1.29 is 33.5 Å². The summed E-state index contributed by atoms with van der Waals surface area (Å²) in [4.78, 5) is 34.3. The molecule has 2 atom stereocenters. The largest absolute Gasteiger partial charge is 0.467 e. The first-order chi connectivity index (χ1) is 13.9. The van der Waals surface area contributed by atoms with E-state index in [9.17, 15) is 19.7 Å². The van der Waals surface area contributed by atoms with E-state index >= 15 is 0 Å². The molecule has 1 saturated heterocycles. The zero-order valence-electron chi connectivity index (χ0n) is 16.5. The molecule has 1 amide bonds. The lowest BCUT2D eigenvalue weighted by Crippen LogP contribution is -2.49. The van der Waals surface area contributed by atoms with Gasteiger partial charge in [-0.15, -0.1) is 0 Å². The van der Waals surface area contributed by atoms with Gasteiger partial charge in [0.1, 0.15) is 6.61 Å². The molecule has 0 unspecified atom stereocenters. The molecule has 1 aliphatic heterocycles. The molecule has 1 aliphatic rings. The second-order valence-corrected chi connectivity index (χ2v) is 6.74. The van der Waals surface area contributed by atoms with Crippen LogP contribution in [0.25, 0.3) is 0 Å². The smallest absolute Gasteiger partial charge is 0.408 e. The number of amides is 1. The van der Waals surface area contributed by atoms with E-state index in [0.717, 1.165) is 12.8 Å². The van der Waals surface area contributed by atoms with Crippen LogP contribution in [0.2, 0.25) is 0 Å². The fourth-order valence-electron chi connectivity index (χ4n) is 2.82. The summed E-state index contributed by atoms with van der Waals surface area (Å²) in [6.07, 6.45) is 0.346. The fraction of sp³-hybridized carbons (Fsp3) is 0.579. The number of benzene rings is 1. The third-order valence-corrected chi connectivity index (χ3v) is 4.65. The van der Waals surface area contributed by atoms with Crippen LogP contribution in [-0.2, 0) is 30.3 Å². The van der Waals surface area contributed by atoms with Gasteiger partial charge in [-0.25, -0.2) is 9.59 Å². The van der Waals surface area contributed by atoms with Crippen LogP contribution in [0.3, 0.4) is 0 Å². The number of esters is 1. The van der Waals surface area contributed by atoms with Crippen molar-refractivity contribution in [2.45, 2.75) is 38.5 Å². The number of nitro groups is 1. The minimum Gasteiger partial charge on any atom is -0.467 e. The summed E-state index contributed by atoms with van der Waals surface area (Å²) < 4.78 is 20.9. The summed E-state index contributed by atoms with van der Waals surface area (Å²) in [5, 5.41) is 13.1. The van der Waals surface area contributed by atoms with Crippen LogP contribution in [0.1, 0.15) is 25.3 Å². The SMILES string of the molecule is COC(=O)[C@@H](NC(=O)OCc1ccc([N+](=O)[O-])cc1)[C@@H](C)OCC1CCOCC1. The number of nitro benzene ring substituents is 1. The molecular formula is C19H26N2O8. The van der Waals surface area contributed by atoms with Crippen molar-refractivity contribution in [2.24, 2.45) is 5.92 Å². The first-order valence-corrected chi connectivity index (χ1v) is 9.34.